The van der Waals surface area contributed by atoms with Crippen LogP contribution in [0.4, 0.5) is 4.79 Å². The predicted octanol–water partition coefficient (Wildman–Crippen LogP) is 3.46. The summed E-state index contributed by atoms with van der Waals surface area (Å²) in [5, 5.41) is 2.60. The summed E-state index contributed by atoms with van der Waals surface area (Å²) in [6.07, 6.45) is -1.45. The van der Waals surface area contributed by atoms with Gasteiger partial charge in [0.25, 0.3) is 0 Å². The summed E-state index contributed by atoms with van der Waals surface area (Å²) in [6, 6.07) is -0.563. The van der Waals surface area contributed by atoms with Crippen molar-refractivity contribution in [2.24, 2.45) is 0 Å². The molecule has 0 radical (unpaired) electrons. The van der Waals surface area contributed by atoms with Gasteiger partial charge in [0.1, 0.15) is 5.60 Å². The third-order valence-electron chi connectivity index (χ3n) is 3.86. The van der Waals surface area contributed by atoms with Crippen LogP contribution < -0.4 is 5.32 Å². The first-order valence-electron chi connectivity index (χ1n) is 7.86. The SMILES string of the molecule is COC(=O)C(O[Si](C)(C)C(C)(C)C)[C@H](C)NC(=O)OC(C)(C)C. The van der Waals surface area contributed by atoms with E-state index in [0.29, 0.717) is 0 Å². The second-order valence-corrected chi connectivity index (χ2v) is 13.0. The molecule has 0 aliphatic carbocycles. The Kier molecular flexibility index (Phi) is 7.30. The number of carbonyl (C=O) groups is 2. The fourth-order valence-corrected chi connectivity index (χ4v) is 2.82. The van der Waals surface area contributed by atoms with Crippen LogP contribution in [0.2, 0.25) is 18.1 Å². The Hall–Kier alpha value is -1.08. The van der Waals surface area contributed by atoms with Crippen LogP contribution in [0.3, 0.4) is 0 Å². The number of methoxy groups -OCH3 is 1. The molecule has 0 fully saturated rings. The highest BCUT2D eigenvalue weighted by Crippen LogP contribution is 2.37. The average Bonchev–Trinajstić information content (AvgIpc) is 2.30. The number of carbonyl (C=O) groups excluding carboxylic acids is 2. The maximum absolute atomic E-state index is 12.1. The van der Waals surface area contributed by atoms with Gasteiger partial charge in [0.15, 0.2) is 14.4 Å². The quantitative estimate of drug-likeness (QED) is 0.609. The molecule has 0 aromatic carbocycles. The molecule has 0 heterocycles. The van der Waals surface area contributed by atoms with Crippen molar-refractivity contribution in [3.8, 4) is 0 Å². The highest BCUT2D eigenvalue weighted by Gasteiger charge is 2.43. The summed E-state index contributed by atoms with van der Waals surface area (Å²) in [7, 11) is -0.891. The van der Waals surface area contributed by atoms with Crippen LogP contribution in [0, 0.1) is 0 Å². The van der Waals surface area contributed by atoms with E-state index in [4.69, 9.17) is 13.9 Å². The van der Waals surface area contributed by atoms with E-state index in [1.54, 1.807) is 27.7 Å². The molecule has 0 rings (SSSR count). The third-order valence-corrected chi connectivity index (χ3v) is 8.32. The van der Waals surface area contributed by atoms with Gasteiger partial charge in [-0.05, 0) is 45.8 Å². The molecule has 0 saturated heterocycles. The second kappa shape index (κ2) is 7.66. The van der Waals surface area contributed by atoms with Crippen molar-refractivity contribution in [3.05, 3.63) is 0 Å². The zero-order valence-corrected chi connectivity index (χ0v) is 17.2. The van der Waals surface area contributed by atoms with Gasteiger partial charge in [-0.25, -0.2) is 9.59 Å². The van der Waals surface area contributed by atoms with E-state index < -0.39 is 38.1 Å². The van der Waals surface area contributed by atoms with Gasteiger partial charge in [0.2, 0.25) is 0 Å². The molecule has 1 N–H and O–H groups in total. The normalized spacial score (nSPS) is 15.6. The molecule has 1 unspecified atom stereocenters. The van der Waals surface area contributed by atoms with Crippen LogP contribution in [0.25, 0.3) is 0 Å². The predicted molar refractivity (Wildman–Crippen MR) is 92.9 cm³/mol. The van der Waals surface area contributed by atoms with Crippen molar-refractivity contribution >= 4 is 20.4 Å². The smallest absolute Gasteiger partial charge is 0.407 e. The van der Waals surface area contributed by atoms with E-state index in [-0.39, 0.29) is 5.04 Å². The summed E-state index contributed by atoms with van der Waals surface area (Å²) in [5.74, 6) is -0.501. The highest BCUT2D eigenvalue weighted by molar-refractivity contribution is 6.74. The second-order valence-electron chi connectivity index (χ2n) is 8.26. The lowest BCUT2D eigenvalue weighted by Gasteiger charge is -2.39. The van der Waals surface area contributed by atoms with Crippen molar-refractivity contribution in [1.29, 1.82) is 0 Å². The summed E-state index contributed by atoms with van der Waals surface area (Å²) in [6.45, 7) is 17.4. The van der Waals surface area contributed by atoms with Gasteiger partial charge in [-0.15, -0.1) is 0 Å². The van der Waals surface area contributed by atoms with E-state index >= 15 is 0 Å². The first kappa shape index (κ1) is 21.9. The van der Waals surface area contributed by atoms with E-state index in [2.05, 4.69) is 26.1 Å². The van der Waals surface area contributed by atoms with Gasteiger partial charge in [0, 0.05) is 0 Å². The Labute approximate surface area is 141 Å². The van der Waals surface area contributed by atoms with Gasteiger partial charge in [-0.2, -0.15) is 0 Å². The molecule has 136 valence electrons. The van der Waals surface area contributed by atoms with E-state index in [1.807, 2.05) is 13.1 Å². The first-order chi connectivity index (χ1) is 10.1. The standard InChI is InChI=1S/C16H33NO5Si/c1-11(17-14(19)21-15(2,3)4)12(13(18)20-8)22-23(9,10)16(5,6)7/h11-12H,1-10H3,(H,17,19)/t11-,12?/m0/s1. The van der Waals surface area contributed by atoms with Crippen molar-refractivity contribution in [2.45, 2.75) is 84.3 Å². The van der Waals surface area contributed by atoms with E-state index in [1.165, 1.54) is 7.11 Å². The summed E-state index contributed by atoms with van der Waals surface area (Å²) in [4.78, 5) is 24.0. The van der Waals surface area contributed by atoms with Crippen LogP contribution >= 0.6 is 0 Å². The molecular weight excluding hydrogens is 314 g/mol. The number of ether oxygens (including phenoxy) is 2. The van der Waals surface area contributed by atoms with Crippen LogP contribution in [0.5, 0.6) is 0 Å². The maximum Gasteiger partial charge on any atom is 0.407 e. The first-order valence-corrected chi connectivity index (χ1v) is 10.8. The topological polar surface area (TPSA) is 73.9 Å². The molecule has 2 atom stereocenters. The minimum atomic E-state index is -2.20. The van der Waals surface area contributed by atoms with Crippen LogP contribution in [-0.4, -0.2) is 45.2 Å². The van der Waals surface area contributed by atoms with Crippen molar-refractivity contribution < 1.29 is 23.5 Å². The minimum absolute atomic E-state index is 0.0646. The molecule has 23 heavy (non-hydrogen) atoms. The summed E-state index contributed by atoms with van der Waals surface area (Å²) < 4.78 is 16.2. The van der Waals surface area contributed by atoms with Crippen molar-refractivity contribution in [2.75, 3.05) is 7.11 Å². The average molecular weight is 348 g/mol. The number of rotatable bonds is 5. The van der Waals surface area contributed by atoms with Gasteiger partial charge in [-0.3, -0.25) is 0 Å². The Morgan fingerprint density at radius 2 is 1.52 bits per heavy atom. The molecule has 0 spiro atoms. The van der Waals surface area contributed by atoms with Crippen molar-refractivity contribution in [3.63, 3.8) is 0 Å². The Morgan fingerprint density at radius 1 is 1.04 bits per heavy atom. The Morgan fingerprint density at radius 3 is 1.87 bits per heavy atom. The fraction of sp³-hybridized carbons (Fsp3) is 0.875. The fourth-order valence-electron chi connectivity index (χ4n) is 1.53. The van der Waals surface area contributed by atoms with Gasteiger partial charge < -0.3 is 19.2 Å². The van der Waals surface area contributed by atoms with Gasteiger partial charge in [0.05, 0.1) is 13.2 Å². The number of hydrogen-bond acceptors (Lipinski definition) is 5. The molecule has 6 nitrogen and oxygen atoms in total. The number of amides is 1. The maximum atomic E-state index is 12.1. The summed E-state index contributed by atoms with van der Waals surface area (Å²) in [5.41, 5.74) is -0.606. The van der Waals surface area contributed by atoms with Crippen LogP contribution in [-0.2, 0) is 18.7 Å². The zero-order chi connectivity index (χ0) is 18.6. The lowest BCUT2D eigenvalue weighted by atomic mass is 10.2. The van der Waals surface area contributed by atoms with E-state index in [9.17, 15) is 9.59 Å². The largest absolute Gasteiger partial charge is 0.467 e. The Balaban J connectivity index is 5.12. The molecule has 0 bridgehead atoms. The highest BCUT2D eigenvalue weighted by atomic mass is 28.4. The molecule has 0 aromatic heterocycles. The molecular formula is C16H33NO5Si. The minimum Gasteiger partial charge on any atom is -0.467 e. The molecule has 0 aromatic rings. The molecule has 0 aliphatic heterocycles. The van der Waals surface area contributed by atoms with E-state index in [0.717, 1.165) is 0 Å². The van der Waals surface area contributed by atoms with Gasteiger partial charge >= 0.3 is 12.1 Å². The molecule has 0 saturated carbocycles. The number of nitrogens with one attached hydrogen (secondary N) is 1. The Bertz CT molecular complexity index is 423. The molecule has 0 aliphatic rings. The van der Waals surface area contributed by atoms with Crippen LogP contribution in [0.1, 0.15) is 48.5 Å². The number of hydrogen-bond donors (Lipinski definition) is 1. The summed E-state index contributed by atoms with van der Waals surface area (Å²) >= 11 is 0. The number of alkyl carbamates (subject to hydrolysis) is 1. The molecule has 7 heteroatoms. The molecule has 1 amide bonds. The zero-order valence-electron chi connectivity index (χ0n) is 16.2. The van der Waals surface area contributed by atoms with Crippen molar-refractivity contribution in [1.82, 2.24) is 5.32 Å². The van der Waals surface area contributed by atoms with Gasteiger partial charge in [-0.1, -0.05) is 20.8 Å². The third kappa shape index (κ3) is 7.35. The van der Waals surface area contributed by atoms with Crippen LogP contribution in [0.15, 0.2) is 0 Å². The lowest BCUT2D eigenvalue weighted by Crippen LogP contribution is -2.54. The lowest BCUT2D eigenvalue weighted by molar-refractivity contribution is -0.150. The number of esters is 1. The monoisotopic (exact) mass is 347 g/mol.